The van der Waals surface area contributed by atoms with Gasteiger partial charge < -0.3 is 15.8 Å². The average Bonchev–Trinajstić information content (AvgIpc) is 2.95. The van der Waals surface area contributed by atoms with Crippen molar-refractivity contribution in [3.63, 3.8) is 0 Å². The molecule has 0 unspecified atom stereocenters. The Bertz CT molecular complexity index is 516. The Hall–Kier alpha value is -1.55. The molecule has 1 saturated carbocycles. The maximum absolute atomic E-state index is 11.5. The lowest BCUT2D eigenvalue weighted by atomic mass is 9.84. The number of nitrogens with two attached hydrogens (primary N) is 1. The molecule has 1 aromatic carbocycles. The number of ether oxygens (including phenoxy) is 1. The summed E-state index contributed by atoms with van der Waals surface area (Å²) >= 11 is 0. The fourth-order valence-corrected chi connectivity index (χ4v) is 3.51. The van der Waals surface area contributed by atoms with Gasteiger partial charge in [-0.3, -0.25) is 4.79 Å². The maximum atomic E-state index is 11.5. The molecule has 3 N–H and O–H groups in total. The van der Waals surface area contributed by atoms with Gasteiger partial charge in [-0.1, -0.05) is 25.0 Å². The molecule has 2 aliphatic rings. The molecule has 0 bridgehead atoms. The van der Waals surface area contributed by atoms with Crippen LogP contribution in [0.3, 0.4) is 0 Å². The first-order valence-electron chi connectivity index (χ1n) is 8.01. The molecule has 3 rings (SSSR count). The standard InChI is InChI=1S/C17H24N2O2/c18-17(20)14-3-1-2-4-15(14)19-9-7-12-5-6-16-13(11-12)8-10-21-16/h5-6,11,14-15,19H,1-4,7-10H2,(H2,18,20)/t14-,15+/m1/s1. The van der Waals surface area contributed by atoms with Gasteiger partial charge in [-0.05, 0) is 43.0 Å². The zero-order valence-corrected chi connectivity index (χ0v) is 12.4. The van der Waals surface area contributed by atoms with Crippen LogP contribution in [-0.2, 0) is 17.6 Å². The first-order chi connectivity index (χ1) is 10.2. The highest BCUT2D eigenvalue weighted by Gasteiger charge is 2.28. The quantitative estimate of drug-likeness (QED) is 0.868. The minimum absolute atomic E-state index is 0.00664. The van der Waals surface area contributed by atoms with Gasteiger partial charge in [0.1, 0.15) is 5.75 Å². The number of benzene rings is 1. The molecule has 114 valence electrons. The van der Waals surface area contributed by atoms with Crippen molar-refractivity contribution < 1.29 is 9.53 Å². The number of nitrogens with one attached hydrogen (secondary N) is 1. The van der Waals surface area contributed by atoms with Gasteiger partial charge in [0.05, 0.1) is 12.5 Å². The summed E-state index contributed by atoms with van der Waals surface area (Å²) in [5, 5.41) is 3.54. The Morgan fingerprint density at radius 2 is 2.19 bits per heavy atom. The smallest absolute Gasteiger partial charge is 0.222 e. The first-order valence-corrected chi connectivity index (χ1v) is 8.01. The summed E-state index contributed by atoms with van der Waals surface area (Å²) in [7, 11) is 0. The molecule has 1 aliphatic heterocycles. The first kappa shape index (κ1) is 14.4. The van der Waals surface area contributed by atoms with Gasteiger partial charge in [-0.15, -0.1) is 0 Å². The molecular formula is C17H24N2O2. The van der Waals surface area contributed by atoms with E-state index in [9.17, 15) is 4.79 Å². The van der Waals surface area contributed by atoms with Crippen LogP contribution in [0.4, 0.5) is 0 Å². The molecule has 2 atom stereocenters. The molecule has 0 spiro atoms. The van der Waals surface area contributed by atoms with Crippen LogP contribution < -0.4 is 15.8 Å². The van der Waals surface area contributed by atoms with E-state index in [0.717, 1.165) is 51.0 Å². The van der Waals surface area contributed by atoms with Crippen LogP contribution in [0.15, 0.2) is 18.2 Å². The van der Waals surface area contributed by atoms with Gasteiger partial charge >= 0.3 is 0 Å². The summed E-state index contributed by atoms with van der Waals surface area (Å²) in [5.74, 6) is 0.891. The second kappa shape index (κ2) is 6.48. The van der Waals surface area contributed by atoms with E-state index in [1.165, 1.54) is 17.5 Å². The Morgan fingerprint density at radius 3 is 3.05 bits per heavy atom. The minimum Gasteiger partial charge on any atom is -0.493 e. The summed E-state index contributed by atoms with van der Waals surface area (Å²) in [6.45, 7) is 1.70. The monoisotopic (exact) mass is 288 g/mol. The highest BCUT2D eigenvalue weighted by molar-refractivity contribution is 5.77. The average molecular weight is 288 g/mol. The summed E-state index contributed by atoms with van der Waals surface area (Å²) < 4.78 is 5.53. The largest absolute Gasteiger partial charge is 0.493 e. The number of hydrogen-bond acceptors (Lipinski definition) is 3. The van der Waals surface area contributed by atoms with Crippen LogP contribution in [0.2, 0.25) is 0 Å². The normalized spacial score (nSPS) is 24.4. The van der Waals surface area contributed by atoms with Crippen molar-refractivity contribution in [3.05, 3.63) is 29.3 Å². The molecule has 0 radical (unpaired) electrons. The van der Waals surface area contributed by atoms with Gasteiger partial charge in [-0.25, -0.2) is 0 Å². The summed E-state index contributed by atoms with van der Waals surface area (Å²) in [5.41, 5.74) is 8.16. The number of carbonyl (C=O) groups is 1. The van der Waals surface area contributed by atoms with Crippen LogP contribution in [0.5, 0.6) is 5.75 Å². The lowest BCUT2D eigenvalue weighted by Gasteiger charge is -2.30. The van der Waals surface area contributed by atoms with Crippen molar-refractivity contribution in [2.75, 3.05) is 13.2 Å². The van der Waals surface area contributed by atoms with E-state index in [1.54, 1.807) is 0 Å². The van der Waals surface area contributed by atoms with E-state index in [2.05, 4.69) is 23.5 Å². The molecule has 1 aliphatic carbocycles. The number of carbonyl (C=O) groups excluding carboxylic acids is 1. The van der Waals surface area contributed by atoms with Gasteiger partial charge in [0.2, 0.25) is 5.91 Å². The van der Waals surface area contributed by atoms with Gasteiger partial charge in [-0.2, -0.15) is 0 Å². The maximum Gasteiger partial charge on any atom is 0.222 e. The molecule has 4 nitrogen and oxygen atoms in total. The summed E-state index contributed by atoms with van der Waals surface area (Å²) in [6, 6.07) is 6.72. The van der Waals surface area contributed by atoms with Crippen LogP contribution in [0.25, 0.3) is 0 Å². The predicted octanol–water partition coefficient (Wildman–Crippen LogP) is 1.80. The fraction of sp³-hybridized carbons (Fsp3) is 0.588. The second-order valence-corrected chi connectivity index (χ2v) is 6.14. The lowest BCUT2D eigenvalue weighted by Crippen LogP contribution is -2.45. The number of primary amides is 1. The van der Waals surface area contributed by atoms with Crippen LogP contribution in [0.1, 0.15) is 36.8 Å². The summed E-state index contributed by atoms with van der Waals surface area (Å²) in [4.78, 5) is 11.5. The minimum atomic E-state index is -0.151. The number of rotatable bonds is 5. The van der Waals surface area contributed by atoms with E-state index in [-0.39, 0.29) is 17.9 Å². The SMILES string of the molecule is NC(=O)[C@@H]1CCCC[C@@H]1NCCc1ccc2c(c1)CCO2. The van der Waals surface area contributed by atoms with Crippen LogP contribution >= 0.6 is 0 Å². The third-order valence-corrected chi connectivity index (χ3v) is 4.71. The Balaban J connectivity index is 1.52. The van der Waals surface area contributed by atoms with Crippen molar-refractivity contribution in [1.82, 2.24) is 5.32 Å². The molecule has 1 heterocycles. The topological polar surface area (TPSA) is 64.4 Å². The van der Waals surface area contributed by atoms with E-state index < -0.39 is 0 Å². The van der Waals surface area contributed by atoms with E-state index >= 15 is 0 Å². The molecule has 1 fully saturated rings. The van der Waals surface area contributed by atoms with E-state index in [1.807, 2.05) is 0 Å². The van der Waals surface area contributed by atoms with E-state index in [0.29, 0.717) is 0 Å². The van der Waals surface area contributed by atoms with E-state index in [4.69, 9.17) is 10.5 Å². The lowest BCUT2D eigenvalue weighted by molar-refractivity contribution is -0.123. The van der Waals surface area contributed by atoms with Gasteiger partial charge in [0, 0.05) is 12.5 Å². The highest BCUT2D eigenvalue weighted by Crippen LogP contribution is 2.26. The van der Waals surface area contributed by atoms with Gasteiger partial charge in [0.25, 0.3) is 0 Å². The van der Waals surface area contributed by atoms with Crippen molar-refractivity contribution in [2.24, 2.45) is 11.7 Å². The van der Waals surface area contributed by atoms with Crippen molar-refractivity contribution >= 4 is 5.91 Å². The summed E-state index contributed by atoms with van der Waals surface area (Å²) in [6.07, 6.45) is 6.31. The zero-order chi connectivity index (χ0) is 14.7. The number of fused-ring (bicyclic) bond motifs is 1. The van der Waals surface area contributed by atoms with Gasteiger partial charge in [0.15, 0.2) is 0 Å². The van der Waals surface area contributed by atoms with Crippen molar-refractivity contribution in [1.29, 1.82) is 0 Å². The number of hydrogen-bond donors (Lipinski definition) is 2. The fourth-order valence-electron chi connectivity index (χ4n) is 3.51. The van der Waals surface area contributed by atoms with Crippen LogP contribution in [0, 0.1) is 5.92 Å². The predicted molar refractivity (Wildman–Crippen MR) is 82.3 cm³/mol. The Kier molecular flexibility index (Phi) is 4.44. The molecule has 0 aromatic heterocycles. The molecule has 4 heteroatoms. The van der Waals surface area contributed by atoms with Crippen molar-refractivity contribution in [3.8, 4) is 5.75 Å². The zero-order valence-electron chi connectivity index (χ0n) is 12.4. The van der Waals surface area contributed by atoms with Crippen LogP contribution in [-0.4, -0.2) is 25.1 Å². The molecular weight excluding hydrogens is 264 g/mol. The molecule has 0 saturated heterocycles. The highest BCUT2D eigenvalue weighted by atomic mass is 16.5. The third-order valence-electron chi connectivity index (χ3n) is 4.71. The number of amides is 1. The molecule has 1 aromatic rings. The molecule has 1 amide bonds. The Labute approximate surface area is 126 Å². The second-order valence-electron chi connectivity index (χ2n) is 6.14. The third kappa shape index (κ3) is 3.38. The van der Waals surface area contributed by atoms with Crippen molar-refractivity contribution in [2.45, 2.75) is 44.6 Å². The Morgan fingerprint density at radius 1 is 1.33 bits per heavy atom. The molecule has 21 heavy (non-hydrogen) atoms.